The minimum Gasteiger partial charge on any atom is -0.228 e. The largest absolute Gasteiger partial charge is 0.228 e. The van der Waals surface area contributed by atoms with E-state index in [0.29, 0.717) is 5.41 Å². The van der Waals surface area contributed by atoms with Gasteiger partial charge in [-0.25, -0.2) is 4.68 Å². The number of hydrogen-bond donors (Lipinski definition) is 0. The first-order valence-corrected chi connectivity index (χ1v) is 5.94. The SMILES string of the molecule is CC(Cl)c1nnnn1CC1(C)CCCC1. The van der Waals surface area contributed by atoms with Gasteiger partial charge in [-0.05, 0) is 35.6 Å². The third-order valence-corrected chi connectivity index (χ3v) is 3.45. The molecule has 4 nitrogen and oxygen atoms in total. The van der Waals surface area contributed by atoms with Gasteiger partial charge in [0.15, 0.2) is 5.82 Å². The van der Waals surface area contributed by atoms with Crippen LogP contribution < -0.4 is 0 Å². The summed E-state index contributed by atoms with van der Waals surface area (Å²) in [5.74, 6) is 0.782. The van der Waals surface area contributed by atoms with Crippen LogP contribution in [0.5, 0.6) is 0 Å². The van der Waals surface area contributed by atoms with E-state index in [1.54, 1.807) is 0 Å². The number of hydrogen-bond acceptors (Lipinski definition) is 3. The number of halogens is 1. The van der Waals surface area contributed by atoms with E-state index >= 15 is 0 Å². The summed E-state index contributed by atoms with van der Waals surface area (Å²) in [6.45, 7) is 5.11. The maximum atomic E-state index is 6.02. The standard InChI is InChI=1S/C10H17ClN4/c1-8(11)9-12-13-14-15(9)7-10(2)5-3-4-6-10/h8H,3-7H2,1-2H3. The maximum Gasteiger partial charge on any atom is 0.168 e. The Kier molecular flexibility index (Phi) is 2.96. The fourth-order valence-electron chi connectivity index (χ4n) is 2.36. The van der Waals surface area contributed by atoms with Crippen LogP contribution in [0, 0.1) is 5.41 Å². The number of aromatic nitrogens is 4. The van der Waals surface area contributed by atoms with Gasteiger partial charge in [-0.3, -0.25) is 0 Å². The minimum absolute atomic E-state index is 0.120. The van der Waals surface area contributed by atoms with Gasteiger partial charge < -0.3 is 0 Å². The second-order valence-electron chi connectivity index (χ2n) is 4.83. The van der Waals surface area contributed by atoms with Crippen molar-refractivity contribution in [1.29, 1.82) is 0 Å². The molecule has 0 saturated heterocycles. The van der Waals surface area contributed by atoms with Crippen molar-refractivity contribution in [2.45, 2.75) is 51.5 Å². The number of tetrazole rings is 1. The third kappa shape index (κ3) is 2.30. The fraction of sp³-hybridized carbons (Fsp3) is 0.900. The zero-order chi connectivity index (χ0) is 10.9. The molecule has 1 saturated carbocycles. The van der Waals surface area contributed by atoms with E-state index in [1.807, 2.05) is 11.6 Å². The quantitative estimate of drug-likeness (QED) is 0.747. The molecule has 0 amide bonds. The summed E-state index contributed by atoms with van der Waals surface area (Å²) in [5, 5.41) is 11.6. The van der Waals surface area contributed by atoms with Gasteiger partial charge in [0.25, 0.3) is 0 Å². The summed E-state index contributed by atoms with van der Waals surface area (Å²) in [6, 6.07) is 0. The zero-order valence-electron chi connectivity index (χ0n) is 9.28. The first-order valence-electron chi connectivity index (χ1n) is 5.51. The molecule has 0 radical (unpaired) electrons. The lowest BCUT2D eigenvalue weighted by Crippen LogP contribution is -2.22. The Bertz CT molecular complexity index is 328. The van der Waals surface area contributed by atoms with Crippen LogP contribution in [0.4, 0.5) is 0 Å². The molecule has 15 heavy (non-hydrogen) atoms. The first kappa shape index (κ1) is 10.9. The highest BCUT2D eigenvalue weighted by Gasteiger charge is 2.30. The molecule has 1 aliphatic rings. The van der Waals surface area contributed by atoms with Crippen LogP contribution in [0.2, 0.25) is 0 Å². The average molecular weight is 229 g/mol. The molecule has 2 rings (SSSR count). The Morgan fingerprint density at radius 2 is 2.13 bits per heavy atom. The summed E-state index contributed by atoms with van der Waals surface area (Å²) >= 11 is 6.02. The van der Waals surface area contributed by atoms with Crippen LogP contribution >= 0.6 is 11.6 Å². The lowest BCUT2D eigenvalue weighted by molar-refractivity contribution is 0.261. The lowest BCUT2D eigenvalue weighted by atomic mass is 9.89. The van der Waals surface area contributed by atoms with E-state index in [-0.39, 0.29) is 5.38 Å². The average Bonchev–Trinajstić information content (AvgIpc) is 2.75. The van der Waals surface area contributed by atoms with Gasteiger partial charge in [0, 0.05) is 0 Å². The Morgan fingerprint density at radius 3 is 2.73 bits per heavy atom. The van der Waals surface area contributed by atoms with Crippen molar-refractivity contribution in [1.82, 2.24) is 20.2 Å². The monoisotopic (exact) mass is 228 g/mol. The van der Waals surface area contributed by atoms with Crippen molar-refractivity contribution in [2.75, 3.05) is 0 Å². The first-order chi connectivity index (χ1) is 7.11. The van der Waals surface area contributed by atoms with Gasteiger partial charge in [0.2, 0.25) is 0 Å². The van der Waals surface area contributed by atoms with Gasteiger partial charge in [-0.2, -0.15) is 0 Å². The topological polar surface area (TPSA) is 43.6 Å². The molecule has 0 aromatic carbocycles. The second kappa shape index (κ2) is 4.08. The van der Waals surface area contributed by atoms with E-state index < -0.39 is 0 Å². The highest BCUT2D eigenvalue weighted by atomic mass is 35.5. The number of rotatable bonds is 3. The minimum atomic E-state index is -0.120. The highest BCUT2D eigenvalue weighted by Crippen LogP contribution is 2.39. The van der Waals surface area contributed by atoms with Crippen molar-refractivity contribution in [3.05, 3.63) is 5.82 Å². The summed E-state index contributed by atoms with van der Waals surface area (Å²) in [7, 11) is 0. The van der Waals surface area contributed by atoms with Crippen LogP contribution in [-0.4, -0.2) is 20.2 Å². The molecule has 1 aromatic rings. The predicted molar refractivity (Wildman–Crippen MR) is 58.7 cm³/mol. The Hall–Kier alpha value is -0.640. The summed E-state index contributed by atoms with van der Waals surface area (Å²) < 4.78 is 1.86. The lowest BCUT2D eigenvalue weighted by Gasteiger charge is -2.23. The maximum absolute atomic E-state index is 6.02. The Morgan fingerprint density at radius 1 is 1.47 bits per heavy atom. The fourth-order valence-corrected chi connectivity index (χ4v) is 2.51. The molecule has 1 fully saturated rings. The molecule has 0 aliphatic heterocycles. The van der Waals surface area contributed by atoms with Crippen molar-refractivity contribution in [3.8, 4) is 0 Å². The zero-order valence-corrected chi connectivity index (χ0v) is 10.0. The van der Waals surface area contributed by atoms with E-state index in [4.69, 9.17) is 11.6 Å². The number of nitrogens with zero attached hydrogens (tertiary/aromatic N) is 4. The van der Waals surface area contributed by atoms with E-state index in [1.165, 1.54) is 25.7 Å². The van der Waals surface area contributed by atoms with Crippen LogP contribution in [0.1, 0.15) is 50.7 Å². The number of alkyl halides is 1. The summed E-state index contributed by atoms with van der Waals surface area (Å²) in [5.41, 5.74) is 0.357. The normalized spacial score (nSPS) is 21.8. The van der Waals surface area contributed by atoms with Gasteiger partial charge in [-0.1, -0.05) is 19.8 Å². The molecule has 0 spiro atoms. The third-order valence-electron chi connectivity index (χ3n) is 3.26. The van der Waals surface area contributed by atoms with Gasteiger partial charge >= 0.3 is 0 Å². The summed E-state index contributed by atoms with van der Waals surface area (Å²) in [4.78, 5) is 0. The van der Waals surface area contributed by atoms with E-state index in [9.17, 15) is 0 Å². The molecule has 0 N–H and O–H groups in total. The van der Waals surface area contributed by atoms with Crippen LogP contribution in [-0.2, 0) is 6.54 Å². The van der Waals surface area contributed by atoms with Crippen LogP contribution in [0.15, 0.2) is 0 Å². The van der Waals surface area contributed by atoms with E-state index in [0.717, 1.165) is 12.4 Å². The van der Waals surface area contributed by atoms with E-state index in [2.05, 4.69) is 22.4 Å². The molecule has 1 atom stereocenters. The molecular formula is C10H17ClN4. The van der Waals surface area contributed by atoms with Crippen molar-refractivity contribution in [2.24, 2.45) is 5.41 Å². The second-order valence-corrected chi connectivity index (χ2v) is 5.48. The van der Waals surface area contributed by atoms with Gasteiger partial charge in [0.1, 0.15) is 0 Å². The predicted octanol–water partition coefficient (Wildman–Crippen LogP) is 2.55. The molecule has 1 aromatic heterocycles. The van der Waals surface area contributed by atoms with Crippen molar-refractivity contribution in [3.63, 3.8) is 0 Å². The summed E-state index contributed by atoms with van der Waals surface area (Å²) in [6.07, 6.45) is 5.18. The molecule has 0 bridgehead atoms. The molecule has 1 unspecified atom stereocenters. The van der Waals surface area contributed by atoms with Crippen LogP contribution in [0.3, 0.4) is 0 Å². The van der Waals surface area contributed by atoms with Crippen molar-refractivity contribution >= 4 is 11.6 Å². The van der Waals surface area contributed by atoms with Gasteiger partial charge in [0.05, 0.1) is 11.9 Å². The van der Waals surface area contributed by atoms with Gasteiger partial charge in [-0.15, -0.1) is 16.7 Å². The van der Waals surface area contributed by atoms with Crippen molar-refractivity contribution < 1.29 is 0 Å². The molecule has 84 valence electrons. The Labute approximate surface area is 95.0 Å². The molecular weight excluding hydrogens is 212 g/mol. The smallest absolute Gasteiger partial charge is 0.168 e. The Balaban J connectivity index is 2.13. The highest BCUT2D eigenvalue weighted by molar-refractivity contribution is 6.20. The molecule has 1 aliphatic carbocycles. The van der Waals surface area contributed by atoms with Crippen LogP contribution in [0.25, 0.3) is 0 Å². The molecule has 1 heterocycles. The molecule has 5 heteroatoms.